The number of carbonyl (C=O) groups excluding carboxylic acids is 1. The number of amides is 1. The molecule has 21 heavy (non-hydrogen) atoms. The van der Waals surface area contributed by atoms with Crippen LogP contribution >= 0.6 is 0 Å². The molecule has 0 fully saturated rings. The number of para-hydroxylation sites is 2. The normalized spacial score (nSPS) is 10.1. The van der Waals surface area contributed by atoms with Gasteiger partial charge in [0.05, 0.1) is 24.5 Å². The van der Waals surface area contributed by atoms with Crippen LogP contribution in [-0.4, -0.2) is 24.0 Å². The van der Waals surface area contributed by atoms with Crippen LogP contribution in [0.5, 0.6) is 5.75 Å². The number of anilines is 1. The van der Waals surface area contributed by atoms with Gasteiger partial charge in [-0.05, 0) is 31.2 Å². The summed E-state index contributed by atoms with van der Waals surface area (Å²) in [6, 6.07) is 13.1. The maximum atomic E-state index is 11.9. The first-order valence-electron chi connectivity index (χ1n) is 6.92. The third-order valence-electron chi connectivity index (χ3n) is 2.78. The van der Waals surface area contributed by atoms with E-state index in [9.17, 15) is 4.79 Å². The third kappa shape index (κ3) is 4.89. The van der Waals surface area contributed by atoms with Crippen LogP contribution < -0.4 is 15.4 Å². The van der Waals surface area contributed by atoms with Gasteiger partial charge in [0, 0.05) is 12.7 Å². The molecule has 0 aliphatic carbocycles. The standard InChI is InChI=1S/C16H19N3O2/c1-2-21-15-9-4-3-8-14(15)19-16(20)12-17-11-13-7-5-6-10-18-13/h3-10,17H,2,11-12H2,1H3,(H,19,20). The number of nitrogens with zero attached hydrogens (tertiary/aromatic N) is 1. The fourth-order valence-electron chi connectivity index (χ4n) is 1.85. The van der Waals surface area contributed by atoms with Crippen molar-refractivity contribution in [2.75, 3.05) is 18.5 Å². The van der Waals surface area contributed by atoms with E-state index in [1.165, 1.54) is 0 Å². The SMILES string of the molecule is CCOc1ccccc1NC(=O)CNCc1ccccn1. The lowest BCUT2D eigenvalue weighted by molar-refractivity contribution is -0.115. The number of hydrogen-bond donors (Lipinski definition) is 2. The Labute approximate surface area is 124 Å². The quantitative estimate of drug-likeness (QED) is 0.818. The Morgan fingerprint density at radius 1 is 1.19 bits per heavy atom. The van der Waals surface area contributed by atoms with Crippen LogP contribution in [0.15, 0.2) is 48.7 Å². The average molecular weight is 285 g/mol. The van der Waals surface area contributed by atoms with E-state index >= 15 is 0 Å². The minimum atomic E-state index is -0.113. The molecular formula is C16H19N3O2. The van der Waals surface area contributed by atoms with Crippen molar-refractivity contribution in [2.45, 2.75) is 13.5 Å². The molecule has 1 amide bonds. The summed E-state index contributed by atoms with van der Waals surface area (Å²) in [5, 5.41) is 5.89. The molecule has 0 unspecified atom stereocenters. The van der Waals surface area contributed by atoms with Gasteiger partial charge in [-0.3, -0.25) is 9.78 Å². The number of benzene rings is 1. The molecule has 0 saturated heterocycles. The van der Waals surface area contributed by atoms with E-state index in [0.717, 1.165) is 5.69 Å². The van der Waals surface area contributed by atoms with Crippen molar-refractivity contribution in [3.63, 3.8) is 0 Å². The van der Waals surface area contributed by atoms with Crippen LogP contribution in [0.1, 0.15) is 12.6 Å². The van der Waals surface area contributed by atoms with E-state index in [4.69, 9.17) is 4.74 Å². The van der Waals surface area contributed by atoms with Gasteiger partial charge in [-0.2, -0.15) is 0 Å². The summed E-state index contributed by atoms with van der Waals surface area (Å²) >= 11 is 0. The number of pyridine rings is 1. The molecule has 2 N–H and O–H groups in total. The molecule has 5 heteroatoms. The Hall–Kier alpha value is -2.40. The van der Waals surface area contributed by atoms with Crippen molar-refractivity contribution < 1.29 is 9.53 Å². The summed E-state index contributed by atoms with van der Waals surface area (Å²) in [5.41, 5.74) is 1.59. The highest BCUT2D eigenvalue weighted by atomic mass is 16.5. The fraction of sp³-hybridized carbons (Fsp3) is 0.250. The Balaban J connectivity index is 1.82. The van der Waals surface area contributed by atoms with Gasteiger partial charge in [-0.15, -0.1) is 0 Å². The highest BCUT2D eigenvalue weighted by Gasteiger charge is 2.06. The van der Waals surface area contributed by atoms with Crippen molar-refractivity contribution in [2.24, 2.45) is 0 Å². The molecule has 1 aromatic carbocycles. The van der Waals surface area contributed by atoms with Gasteiger partial charge in [-0.1, -0.05) is 18.2 Å². The fourth-order valence-corrected chi connectivity index (χ4v) is 1.85. The Morgan fingerprint density at radius 3 is 2.76 bits per heavy atom. The number of carbonyl (C=O) groups is 1. The van der Waals surface area contributed by atoms with E-state index in [2.05, 4.69) is 15.6 Å². The van der Waals surface area contributed by atoms with E-state index in [-0.39, 0.29) is 12.5 Å². The summed E-state index contributed by atoms with van der Waals surface area (Å²) < 4.78 is 5.47. The van der Waals surface area contributed by atoms with Crippen molar-refractivity contribution in [3.05, 3.63) is 54.4 Å². The molecule has 110 valence electrons. The monoisotopic (exact) mass is 285 g/mol. The first kappa shape index (κ1) is 15.0. The maximum Gasteiger partial charge on any atom is 0.238 e. The van der Waals surface area contributed by atoms with Crippen LogP contribution in [0.2, 0.25) is 0 Å². The van der Waals surface area contributed by atoms with Gasteiger partial charge in [-0.25, -0.2) is 0 Å². The summed E-state index contributed by atoms with van der Waals surface area (Å²) in [6.07, 6.45) is 1.73. The molecule has 1 aromatic heterocycles. The largest absolute Gasteiger partial charge is 0.492 e. The molecule has 1 heterocycles. The minimum Gasteiger partial charge on any atom is -0.492 e. The zero-order valence-corrected chi connectivity index (χ0v) is 12.0. The van der Waals surface area contributed by atoms with Gasteiger partial charge in [0.1, 0.15) is 5.75 Å². The molecule has 0 saturated carbocycles. The smallest absolute Gasteiger partial charge is 0.238 e. The predicted octanol–water partition coefficient (Wildman–Crippen LogP) is 2.21. The van der Waals surface area contributed by atoms with E-state index in [1.54, 1.807) is 6.20 Å². The molecule has 0 aliphatic rings. The summed E-state index contributed by atoms with van der Waals surface area (Å²) in [7, 11) is 0. The zero-order valence-electron chi connectivity index (χ0n) is 12.0. The highest BCUT2D eigenvalue weighted by molar-refractivity contribution is 5.93. The first-order chi connectivity index (χ1) is 10.3. The summed E-state index contributed by atoms with van der Waals surface area (Å²) in [4.78, 5) is 16.1. The predicted molar refractivity (Wildman–Crippen MR) is 82.2 cm³/mol. The Bertz CT molecular complexity index is 573. The zero-order chi connectivity index (χ0) is 14.9. The van der Waals surface area contributed by atoms with Crippen LogP contribution in [0.25, 0.3) is 0 Å². The number of aromatic nitrogens is 1. The van der Waals surface area contributed by atoms with Crippen LogP contribution in [0.3, 0.4) is 0 Å². The van der Waals surface area contributed by atoms with Gasteiger partial charge in [0.15, 0.2) is 0 Å². The second-order valence-corrected chi connectivity index (χ2v) is 4.40. The molecule has 0 atom stereocenters. The molecule has 0 aliphatic heterocycles. The average Bonchev–Trinajstić information content (AvgIpc) is 2.50. The van der Waals surface area contributed by atoms with Gasteiger partial charge < -0.3 is 15.4 Å². The molecule has 2 rings (SSSR count). The number of ether oxygens (including phenoxy) is 1. The van der Waals surface area contributed by atoms with Gasteiger partial charge in [0.25, 0.3) is 0 Å². The lowest BCUT2D eigenvalue weighted by Crippen LogP contribution is -2.28. The lowest BCUT2D eigenvalue weighted by atomic mass is 10.3. The maximum absolute atomic E-state index is 11.9. The van der Waals surface area contributed by atoms with Crippen molar-refractivity contribution in [3.8, 4) is 5.75 Å². The Morgan fingerprint density at radius 2 is 2.00 bits per heavy atom. The first-order valence-corrected chi connectivity index (χ1v) is 6.92. The Kier molecular flexibility index (Phi) is 5.72. The van der Waals surface area contributed by atoms with Crippen LogP contribution in [0, 0.1) is 0 Å². The minimum absolute atomic E-state index is 0.113. The van der Waals surface area contributed by atoms with Gasteiger partial charge >= 0.3 is 0 Å². The van der Waals surface area contributed by atoms with E-state index < -0.39 is 0 Å². The van der Waals surface area contributed by atoms with Crippen molar-refractivity contribution in [1.82, 2.24) is 10.3 Å². The lowest BCUT2D eigenvalue weighted by Gasteiger charge is -2.11. The van der Waals surface area contributed by atoms with Crippen LogP contribution in [0.4, 0.5) is 5.69 Å². The van der Waals surface area contributed by atoms with E-state index in [1.807, 2.05) is 49.4 Å². The molecular weight excluding hydrogens is 266 g/mol. The number of nitrogens with one attached hydrogen (secondary N) is 2. The second kappa shape index (κ2) is 8.01. The third-order valence-corrected chi connectivity index (χ3v) is 2.78. The van der Waals surface area contributed by atoms with Gasteiger partial charge in [0.2, 0.25) is 5.91 Å². The second-order valence-electron chi connectivity index (χ2n) is 4.40. The molecule has 5 nitrogen and oxygen atoms in total. The summed E-state index contributed by atoms with van der Waals surface area (Å²) in [5.74, 6) is 0.566. The molecule has 0 radical (unpaired) electrons. The number of rotatable bonds is 7. The van der Waals surface area contributed by atoms with Crippen LogP contribution in [-0.2, 0) is 11.3 Å². The van der Waals surface area contributed by atoms with Crippen molar-refractivity contribution in [1.29, 1.82) is 0 Å². The van der Waals surface area contributed by atoms with Crippen molar-refractivity contribution >= 4 is 11.6 Å². The molecule has 2 aromatic rings. The summed E-state index contributed by atoms with van der Waals surface area (Å²) in [6.45, 7) is 3.25. The van der Waals surface area contributed by atoms with E-state index in [0.29, 0.717) is 24.6 Å². The topological polar surface area (TPSA) is 63.2 Å². The number of hydrogen-bond acceptors (Lipinski definition) is 4. The highest BCUT2D eigenvalue weighted by Crippen LogP contribution is 2.23. The molecule has 0 spiro atoms. The molecule has 0 bridgehead atoms.